The van der Waals surface area contributed by atoms with Gasteiger partial charge in [0, 0.05) is 37.4 Å². The summed E-state index contributed by atoms with van der Waals surface area (Å²) in [6.45, 7) is 6.68. The summed E-state index contributed by atoms with van der Waals surface area (Å²) in [5, 5.41) is 2.94. The van der Waals surface area contributed by atoms with Crippen LogP contribution >= 0.6 is 0 Å². The molecule has 1 aromatic rings. The summed E-state index contributed by atoms with van der Waals surface area (Å²) in [7, 11) is 0. The van der Waals surface area contributed by atoms with Gasteiger partial charge in [-0.15, -0.1) is 0 Å². The summed E-state index contributed by atoms with van der Waals surface area (Å²) in [5.41, 5.74) is 1.58. The fourth-order valence-corrected chi connectivity index (χ4v) is 3.49. The number of carbonyl (C=O) groups is 2. The van der Waals surface area contributed by atoms with Crippen molar-refractivity contribution in [3.63, 3.8) is 0 Å². The van der Waals surface area contributed by atoms with E-state index in [0.29, 0.717) is 13.0 Å². The Morgan fingerprint density at radius 3 is 2.71 bits per heavy atom. The minimum Gasteiger partial charge on any atom is -0.373 e. The van der Waals surface area contributed by atoms with Crippen molar-refractivity contribution in [1.82, 2.24) is 4.90 Å². The standard InChI is InChI=1S/C18H25N3O3/c1-13-10-20(11-14(2)24-13)12-17(22)19-15-5-3-6-16(9-15)21-8-4-7-18(21)23/h3,5-6,9,13-14H,4,7-8,10-12H2,1-2H3,(H,19,22). The first kappa shape index (κ1) is 16.9. The molecule has 2 fully saturated rings. The van der Waals surface area contributed by atoms with Crippen LogP contribution in [-0.2, 0) is 14.3 Å². The Morgan fingerprint density at radius 1 is 1.29 bits per heavy atom. The molecule has 0 radical (unpaired) electrons. The third-order valence-electron chi connectivity index (χ3n) is 4.38. The van der Waals surface area contributed by atoms with Crippen molar-refractivity contribution in [3.8, 4) is 0 Å². The van der Waals surface area contributed by atoms with Crippen LogP contribution in [-0.4, -0.2) is 55.1 Å². The van der Waals surface area contributed by atoms with Crippen LogP contribution < -0.4 is 10.2 Å². The first-order chi connectivity index (χ1) is 11.5. The van der Waals surface area contributed by atoms with E-state index in [2.05, 4.69) is 10.2 Å². The Balaban J connectivity index is 1.59. The van der Waals surface area contributed by atoms with Gasteiger partial charge in [0.15, 0.2) is 0 Å². The lowest BCUT2D eigenvalue weighted by Gasteiger charge is -2.34. The van der Waals surface area contributed by atoms with Crippen LogP contribution in [0.5, 0.6) is 0 Å². The Bertz CT molecular complexity index is 609. The van der Waals surface area contributed by atoms with Gasteiger partial charge in [-0.05, 0) is 38.5 Å². The number of rotatable bonds is 4. The van der Waals surface area contributed by atoms with Crippen molar-refractivity contribution in [2.45, 2.75) is 38.9 Å². The molecule has 2 amide bonds. The predicted octanol–water partition coefficient (Wildman–Crippen LogP) is 1.86. The highest BCUT2D eigenvalue weighted by atomic mass is 16.5. The van der Waals surface area contributed by atoms with Crippen molar-refractivity contribution < 1.29 is 14.3 Å². The number of hydrogen-bond donors (Lipinski definition) is 1. The maximum Gasteiger partial charge on any atom is 0.238 e. The Kier molecular flexibility index (Phi) is 5.16. The van der Waals surface area contributed by atoms with Gasteiger partial charge >= 0.3 is 0 Å². The predicted molar refractivity (Wildman–Crippen MR) is 93.1 cm³/mol. The van der Waals surface area contributed by atoms with E-state index >= 15 is 0 Å². The molecular formula is C18H25N3O3. The lowest BCUT2D eigenvalue weighted by Crippen LogP contribution is -2.48. The minimum atomic E-state index is -0.0406. The maximum atomic E-state index is 12.3. The lowest BCUT2D eigenvalue weighted by molar-refractivity contribution is -0.121. The number of ether oxygens (including phenoxy) is 1. The summed E-state index contributed by atoms with van der Waals surface area (Å²) < 4.78 is 5.69. The Labute approximate surface area is 142 Å². The third-order valence-corrected chi connectivity index (χ3v) is 4.38. The Morgan fingerprint density at radius 2 is 2.04 bits per heavy atom. The molecule has 1 N–H and O–H groups in total. The SMILES string of the molecule is CC1CN(CC(=O)Nc2cccc(N3CCCC3=O)c2)CC(C)O1. The molecule has 0 bridgehead atoms. The molecule has 2 unspecified atom stereocenters. The molecule has 2 aliphatic rings. The fraction of sp³-hybridized carbons (Fsp3) is 0.556. The topological polar surface area (TPSA) is 61.9 Å². The van der Waals surface area contributed by atoms with Crippen molar-refractivity contribution in [1.29, 1.82) is 0 Å². The van der Waals surface area contributed by atoms with Crippen LogP contribution in [0, 0.1) is 0 Å². The fourth-order valence-electron chi connectivity index (χ4n) is 3.49. The smallest absolute Gasteiger partial charge is 0.238 e. The van der Waals surface area contributed by atoms with Gasteiger partial charge in [-0.2, -0.15) is 0 Å². The number of hydrogen-bond acceptors (Lipinski definition) is 4. The summed E-state index contributed by atoms with van der Waals surface area (Å²) in [4.78, 5) is 28.1. The average Bonchev–Trinajstić information content (AvgIpc) is 2.92. The van der Waals surface area contributed by atoms with Gasteiger partial charge in [-0.3, -0.25) is 14.5 Å². The normalized spacial score (nSPS) is 25.1. The van der Waals surface area contributed by atoms with E-state index in [9.17, 15) is 9.59 Å². The monoisotopic (exact) mass is 331 g/mol. The van der Waals surface area contributed by atoms with Gasteiger partial charge < -0.3 is 15.0 Å². The first-order valence-corrected chi connectivity index (χ1v) is 8.59. The number of morpholine rings is 1. The zero-order valence-corrected chi connectivity index (χ0v) is 14.3. The third kappa shape index (κ3) is 4.13. The molecule has 24 heavy (non-hydrogen) atoms. The van der Waals surface area contributed by atoms with Crippen LogP contribution in [0.3, 0.4) is 0 Å². The van der Waals surface area contributed by atoms with E-state index in [0.717, 1.165) is 37.4 Å². The average molecular weight is 331 g/mol. The highest BCUT2D eigenvalue weighted by Crippen LogP contribution is 2.24. The molecule has 0 spiro atoms. The second-order valence-electron chi connectivity index (χ2n) is 6.70. The van der Waals surface area contributed by atoms with Crippen molar-refractivity contribution in [3.05, 3.63) is 24.3 Å². The summed E-state index contributed by atoms with van der Waals surface area (Å²) in [6.07, 6.45) is 1.78. The minimum absolute atomic E-state index is 0.0406. The molecule has 0 aliphatic carbocycles. The molecule has 6 nitrogen and oxygen atoms in total. The highest BCUT2D eigenvalue weighted by Gasteiger charge is 2.24. The molecular weight excluding hydrogens is 306 g/mol. The zero-order chi connectivity index (χ0) is 17.1. The quantitative estimate of drug-likeness (QED) is 0.915. The Hall–Kier alpha value is -1.92. The van der Waals surface area contributed by atoms with Crippen molar-refractivity contribution in [2.24, 2.45) is 0 Å². The number of benzene rings is 1. The van der Waals surface area contributed by atoms with E-state index in [1.807, 2.05) is 38.1 Å². The molecule has 2 aliphatic heterocycles. The zero-order valence-electron chi connectivity index (χ0n) is 14.3. The van der Waals surface area contributed by atoms with Crippen LogP contribution in [0.4, 0.5) is 11.4 Å². The van der Waals surface area contributed by atoms with E-state index in [-0.39, 0.29) is 24.0 Å². The van der Waals surface area contributed by atoms with Crippen molar-refractivity contribution in [2.75, 3.05) is 36.4 Å². The van der Waals surface area contributed by atoms with Crippen LogP contribution in [0.2, 0.25) is 0 Å². The van der Waals surface area contributed by atoms with Gasteiger partial charge in [-0.1, -0.05) is 6.07 Å². The van der Waals surface area contributed by atoms with Crippen molar-refractivity contribution >= 4 is 23.2 Å². The van der Waals surface area contributed by atoms with Gasteiger partial charge in [0.05, 0.1) is 18.8 Å². The summed E-state index contributed by atoms with van der Waals surface area (Å²) in [5.74, 6) is 0.107. The van der Waals surface area contributed by atoms with Crippen LogP contribution in [0.15, 0.2) is 24.3 Å². The van der Waals surface area contributed by atoms with E-state index in [1.54, 1.807) is 4.90 Å². The van der Waals surface area contributed by atoms with E-state index in [4.69, 9.17) is 4.74 Å². The molecule has 6 heteroatoms. The number of anilines is 2. The molecule has 1 aromatic carbocycles. The largest absolute Gasteiger partial charge is 0.373 e. The summed E-state index contributed by atoms with van der Waals surface area (Å²) in [6, 6.07) is 7.50. The molecule has 0 aromatic heterocycles. The molecule has 130 valence electrons. The van der Waals surface area contributed by atoms with Gasteiger partial charge in [0.25, 0.3) is 0 Å². The molecule has 2 atom stereocenters. The van der Waals surface area contributed by atoms with Gasteiger partial charge in [0.2, 0.25) is 11.8 Å². The maximum absolute atomic E-state index is 12.3. The number of amides is 2. The molecule has 0 saturated carbocycles. The summed E-state index contributed by atoms with van der Waals surface area (Å²) >= 11 is 0. The second-order valence-corrected chi connectivity index (χ2v) is 6.70. The molecule has 2 heterocycles. The van der Waals surface area contributed by atoms with Crippen LogP contribution in [0.1, 0.15) is 26.7 Å². The van der Waals surface area contributed by atoms with E-state index in [1.165, 1.54) is 0 Å². The number of nitrogens with zero attached hydrogens (tertiary/aromatic N) is 2. The number of carbonyl (C=O) groups excluding carboxylic acids is 2. The number of nitrogens with one attached hydrogen (secondary N) is 1. The van der Waals surface area contributed by atoms with Crippen LogP contribution in [0.25, 0.3) is 0 Å². The van der Waals surface area contributed by atoms with Gasteiger partial charge in [0.1, 0.15) is 0 Å². The molecule has 2 saturated heterocycles. The second kappa shape index (κ2) is 7.32. The van der Waals surface area contributed by atoms with Gasteiger partial charge in [-0.25, -0.2) is 0 Å². The molecule has 3 rings (SSSR count). The first-order valence-electron chi connectivity index (χ1n) is 8.59. The lowest BCUT2D eigenvalue weighted by atomic mass is 10.2. The highest BCUT2D eigenvalue weighted by molar-refractivity contribution is 5.97. The van der Waals surface area contributed by atoms with E-state index < -0.39 is 0 Å².